The van der Waals surface area contributed by atoms with Crippen molar-refractivity contribution in [1.82, 2.24) is 15.4 Å². The number of hydrogen-bond acceptors (Lipinski definition) is 6. The van der Waals surface area contributed by atoms with Crippen LogP contribution in [0.3, 0.4) is 0 Å². The standard InChI is InChI=1S/C18H19Cl2N3O3/c1-11-8-14(26-23-11)6-4-3-5-7-24-17-15(19)9-13(10-16(17)20)18-22-21-12(2)25-18/h8-10H,3-7H2,1-2H3. The summed E-state index contributed by atoms with van der Waals surface area (Å²) in [6.07, 6.45) is 3.79. The van der Waals surface area contributed by atoms with E-state index in [2.05, 4.69) is 15.4 Å². The molecule has 0 unspecified atom stereocenters. The maximum Gasteiger partial charge on any atom is 0.247 e. The second-order valence-corrected chi connectivity index (χ2v) is 6.80. The molecule has 0 radical (unpaired) electrons. The molecule has 0 bridgehead atoms. The van der Waals surface area contributed by atoms with Crippen LogP contribution < -0.4 is 4.74 Å². The Bertz CT molecular complexity index is 853. The van der Waals surface area contributed by atoms with Crippen molar-refractivity contribution in [3.63, 3.8) is 0 Å². The summed E-state index contributed by atoms with van der Waals surface area (Å²) in [5.74, 6) is 2.24. The highest BCUT2D eigenvalue weighted by Gasteiger charge is 2.14. The van der Waals surface area contributed by atoms with Crippen molar-refractivity contribution in [3.8, 4) is 17.2 Å². The average molecular weight is 396 g/mol. The van der Waals surface area contributed by atoms with E-state index in [4.69, 9.17) is 36.9 Å². The summed E-state index contributed by atoms with van der Waals surface area (Å²) >= 11 is 12.6. The highest BCUT2D eigenvalue weighted by molar-refractivity contribution is 6.37. The first-order valence-corrected chi connectivity index (χ1v) is 9.13. The van der Waals surface area contributed by atoms with E-state index in [0.717, 1.165) is 37.1 Å². The zero-order chi connectivity index (χ0) is 18.5. The summed E-state index contributed by atoms with van der Waals surface area (Å²) in [6.45, 7) is 4.17. The first kappa shape index (κ1) is 18.7. The van der Waals surface area contributed by atoms with Crippen molar-refractivity contribution >= 4 is 23.2 Å². The summed E-state index contributed by atoms with van der Waals surface area (Å²) in [4.78, 5) is 0. The van der Waals surface area contributed by atoms with Crippen LogP contribution in [0.25, 0.3) is 11.5 Å². The fourth-order valence-corrected chi connectivity index (χ4v) is 3.12. The van der Waals surface area contributed by atoms with Crippen LogP contribution in [0.4, 0.5) is 0 Å². The minimum Gasteiger partial charge on any atom is -0.490 e. The van der Waals surface area contributed by atoms with Gasteiger partial charge < -0.3 is 13.7 Å². The Balaban J connectivity index is 1.48. The van der Waals surface area contributed by atoms with Gasteiger partial charge in [0.1, 0.15) is 5.76 Å². The van der Waals surface area contributed by atoms with Gasteiger partial charge in [-0.3, -0.25) is 0 Å². The predicted molar refractivity (Wildman–Crippen MR) is 98.8 cm³/mol. The molecule has 0 saturated carbocycles. The number of rotatable bonds is 8. The lowest BCUT2D eigenvalue weighted by molar-refractivity contribution is 0.303. The number of benzene rings is 1. The predicted octanol–water partition coefficient (Wildman–Crippen LogP) is 5.44. The van der Waals surface area contributed by atoms with E-state index >= 15 is 0 Å². The van der Waals surface area contributed by atoms with Crippen molar-refractivity contribution in [2.24, 2.45) is 0 Å². The molecule has 0 spiro atoms. The van der Waals surface area contributed by atoms with Crippen molar-refractivity contribution in [3.05, 3.63) is 45.6 Å². The summed E-state index contributed by atoms with van der Waals surface area (Å²) in [6, 6.07) is 5.38. The number of aromatic nitrogens is 3. The van der Waals surface area contributed by atoms with Crippen LogP contribution in [0.15, 0.2) is 27.1 Å². The molecule has 2 heterocycles. The van der Waals surface area contributed by atoms with Crippen LogP contribution in [-0.2, 0) is 6.42 Å². The molecule has 0 aliphatic carbocycles. The van der Waals surface area contributed by atoms with Crippen LogP contribution in [0.1, 0.15) is 36.6 Å². The Morgan fingerprint density at radius 3 is 2.38 bits per heavy atom. The first-order valence-electron chi connectivity index (χ1n) is 8.37. The fraction of sp³-hybridized carbons (Fsp3) is 0.389. The van der Waals surface area contributed by atoms with Crippen molar-refractivity contribution in [2.45, 2.75) is 39.5 Å². The van der Waals surface area contributed by atoms with E-state index < -0.39 is 0 Å². The molecule has 0 aliphatic rings. The second kappa shape index (κ2) is 8.56. The number of ether oxygens (including phenoxy) is 1. The van der Waals surface area contributed by atoms with Gasteiger partial charge in [-0.05, 0) is 38.3 Å². The number of halogens is 2. The summed E-state index contributed by atoms with van der Waals surface area (Å²) in [5.41, 5.74) is 1.57. The topological polar surface area (TPSA) is 74.2 Å². The lowest BCUT2D eigenvalue weighted by Crippen LogP contribution is -1.99. The molecule has 0 atom stereocenters. The Morgan fingerprint density at radius 2 is 1.77 bits per heavy atom. The zero-order valence-corrected chi connectivity index (χ0v) is 16.1. The second-order valence-electron chi connectivity index (χ2n) is 5.99. The zero-order valence-electron chi connectivity index (χ0n) is 14.6. The Hall–Kier alpha value is -2.05. The third-order valence-electron chi connectivity index (χ3n) is 3.76. The summed E-state index contributed by atoms with van der Waals surface area (Å²) < 4.78 is 16.3. The van der Waals surface area contributed by atoms with Gasteiger partial charge in [-0.1, -0.05) is 28.4 Å². The van der Waals surface area contributed by atoms with Crippen LogP contribution in [0.2, 0.25) is 10.0 Å². The highest BCUT2D eigenvalue weighted by Crippen LogP contribution is 2.37. The van der Waals surface area contributed by atoms with Gasteiger partial charge >= 0.3 is 0 Å². The van der Waals surface area contributed by atoms with Gasteiger partial charge in [-0.15, -0.1) is 10.2 Å². The Kier molecular flexibility index (Phi) is 6.16. The van der Waals surface area contributed by atoms with E-state index in [9.17, 15) is 0 Å². The summed E-state index contributed by atoms with van der Waals surface area (Å²) in [7, 11) is 0. The number of unbranched alkanes of at least 4 members (excludes halogenated alkanes) is 2. The SMILES string of the molecule is Cc1cc(CCCCCOc2c(Cl)cc(-c3nnc(C)o3)cc2Cl)on1. The van der Waals surface area contributed by atoms with E-state index in [1.807, 2.05) is 13.0 Å². The molecular weight excluding hydrogens is 377 g/mol. The molecule has 26 heavy (non-hydrogen) atoms. The van der Waals surface area contributed by atoms with Crippen molar-refractivity contribution in [2.75, 3.05) is 6.61 Å². The summed E-state index contributed by atoms with van der Waals surface area (Å²) in [5, 5.41) is 12.5. The third-order valence-corrected chi connectivity index (χ3v) is 4.32. The van der Waals surface area contributed by atoms with Crippen LogP contribution in [0, 0.1) is 13.8 Å². The molecule has 1 aromatic carbocycles. The highest BCUT2D eigenvalue weighted by atomic mass is 35.5. The number of nitrogens with zero attached hydrogens (tertiary/aromatic N) is 3. The first-order chi connectivity index (χ1) is 12.5. The largest absolute Gasteiger partial charge is 0.490 e. The molecule has 0 fully saturated rings. The van der Waals surface area contributed by atoms with Crippen molar-refractivity contribution < 1.29 is 13.7 Å². The maximum atomic E-state index is 6.30. The van der Waals surface area contributed by atoms with Gasteiger partial charge in [-0.2, -0.15) is 0 Å². The van der Waals surface area contributed by atoms with Gasteiger partial charge in [0.25, 0.3) is 0 Å². The maximum absolute atomic E-state index is 6.30. The van der Waals surface area contributed by atoms with Gasteiger partial charge in [0.05, 0.1) is 22.3 Å². The molecule has 3 aromatic rings. The molecule has 138 valence electrons. The molecule has 0 amide bonds. The lowest BCUT2D eigenvalue weighted by atomic mass is 10.1. The number of hydrogen-bond donors (Lipinski definition) is 0. The van der Waals surface area contributed by atoms with E-state index in [1.165, 1.54) is 0 Å². The van der Waals surface area contributed by atoms with Gasteiger partial charge in [0.2, 0.25) is 11.8 Å². The smallest absolute Gasteiger partial charge is 0.247 e. The molecule has 8 heteroatoms. The molecule has 3 rings (SSSR count). The quantitative estimate of drug-likeness (QED) is 0.472. The molecule has 0 N–H and O–H groups in total. The lowest BCUT2D eigenvalue weighted by Gasteiger charge is -2.10. The van der Waals surface area contributed by atoms with Crippen LogP contribution in [-0.4, -0.2) is 22.0 Å². The molecule has 6 nitrogen and oxygen atoms in total. The minimum atomic E-state index is 0.375. The fourth-order valence-electron chi connectivity index (χ4n) is 2.52. The van der Waals surface area contributed by atoms with E-state index in [-0.39, 0.29) is 0 Å². The van der Waals surface area contributed by atoms with Crippen LogP contribution >= 0.6 is 23.2 Å². The van der Waals surface area contributed by atoms with Gasteiger partial charge in [0, 0.05) is 25.0 Å². The molecule has 0 saturated heterocycles. The normalized spacial score (nSPS) is 11.1. The Labute approximate surface area is 161 Å². The molecule has 2 aromatic heterocycles. The minimum absolute atomic E-state index is 0.375. The van der Waals surface area contributed by atoms with Gasteiger partial charge in [0.15, 0.2) is 5.75 Å². The van der Waals surface area contributed by atoms with Gasteiger partial charge in [-0.25, -0.2) is 0 Å². The Morgan fingerprint density at radius 1 is 1.00 bits per heavy atom. The van der Waals surface area contributed by atoms with E-state index in [0.29, 0.717) is 39.7 Å². The average Bonchev–Trinajstić information content (AvgIpc) is 3.21. The molecule has 0 aliphatic heterocycles. The molecular formula is C18H19Cl2N3O3. The van der Waals surface area contributed by atoms with E-state index in [1.54, 1.807) is 19.1 Å². The third kappa shape index (κ3) is 4.77. The number of aryl methyl sites for hydroxylation is 3. The monoisotopic (exact) mass is 395 g/mol. The van der Waals surface area contributed by atoms with Crippen LogP contribution in [0.5, 0.6) is 5.75 Å². The van der Waals surface area contributed by atoms with Crippen molar-refractivity contribution in [1.29, 1.82) is 0 Å².